The van der Waals surface area contributed by atoms with Crippen LogP contribution in [0.5, 0.6) is 5.75 Å². The van der Waals surface area contributed by atoms with Crippen molar-refractivity contribution in [1.82, 2.24) is 4.90 Å². The molecule has 4 rings (SSSR count). The topological polar surface area (TPSA) is 99.2 Å². The normalized spacial score (nSPS) is 19.2. The Morgan fingerprint density at radius 1 is 1.09 bits per heavy atom. The third kappa shape index (κ3) is 5.82. The minimum atomic E-state index is -3.87. The maximum atomic E-state index is 12.8. The molecule has 2 N–H and O–H groups in total. The molecule has 2 fully saturated rings. The molecule has 2 saturated heterocycles. The number of rotatable bonds is 9. The Bertz CT molecular complexity index is 1100. The summed E-state index contributed by atoms with van der Waals surface area (Å²) >= 11 is 0. The molecule has 2 heterocycles. The van der Waals surface area contributed by atoms with E-state index in [9.17, 15) is 18.3 Å². The van der Waals surface area contributed by atoms with Crippen LogP contribution in [-0.4, -0.2) is 63.7 Å². The smallest absolute Gasteiger partial charge is 0.337 e. The number of ether oxygens (including phenoxy) is 1. The summed E-state index contributed by atoms with van der Waals surface area (Å²) in [5.74, 6) is 0.0219. The van der Waals surface area contributed by atoms with Crippen LogP contribution in [0.25, 0.3) is 0 Å². The van der Waals surface area contributed by atoms with E-state index in [2.05, 4.69) is 14.5 Å². The first kappa shape index (κ1) is 24.3. The van der Waals surface area contributed by atoms with Crippen LogP contribution in [0, 0.1) is 5.92 Å². The summed E-state index contributed by atoms with van der Waals surface area (Å²) in [6, 6.07) is 10.9. The number of likely N-dealkylation sites (tertiary alicyclic amines) is 1. The van der Waals surface area contributed by atoms with E-state index in [-0.39, 0.29) is 16.1 Å². The van der Waals surface area contributed by atoms with E-state index in [0.717, 1.165) is 45.6 Å². The van der Waals surface area contributed by atoms with Gasteiger partial charge < -0.3 is 19.6 Å². The number of carboxylic acid groups (broad SMARTS) is 1. The first-order valence-electron chi connectivity index (χ1n) is 12.0. The SMILES string of the molecule is CCOc1ccc(S(=O)(=O)Nc2ccc(N3CCC[C@@H](CN4CCCC4)C3)c(C(=O)O)c2)cc1. The Morgan fingerprint density at radius 2 is 1.82 bits per heavy atom. The lowest BCUT2D eigenvalue weighted by molar-refractivity contribution is 0.0697. The number of carboxylic acids is 1. The minimum absolute atomic E-state index is 0.0812. The summed E-state index contributed by atoms with van der Waals surface area (Å²) < 4.78 is 33.5. The standard InChI is InChI=1S/C25H33N3O5S/c1-2-33-21-8-10-22(11-9-21)34(31,32)26-20-7-12-24(23(16-20)25(29)30)28-15-5-6-19(18-28)17-27-13-3-4-14-27/h7-12,16,19,26H,2-6,13-15,17-18H2,1H3,(H,29,30)/t19-/m0/s1. The van der Waals surface area contributed by atoms with Gasteiger partial charge in [0.15, 0.2) is 0 Å². The zero-order valence-corrected chi connectivity index (χ0v) is 20.4. The van der Waals surface area contributed by atoms with Gasteiger partial charge in [0.2, 0.25) is 0 Å². The Labute approximate surface area is 201 Å². The van der Waals surface area contributed by atoms with E-state index in [1.807, 2.05) is 6.92 Å². The van der Waals surface area contributed by atoms with Gasteiger partial charge in [-0.1, -0.05) is 0 Å². The monoisotopic (exact) mass is 487 g/mol. The summed E-state index contributed by atoms with van der Waals surface area (Å²) in [5, 5.41) is 9.89. The summed E-state index contributed by atoms with van der Waals surface area (Å²) in [5.41, 5.74) is 0.969. The first-order valence-corrected chi connectivity index (χ1v) is 13.4. The third-order valence-corrected chi connectivity index (χ3v) is 7.90. The number of hydrogen-bond donors (Lipinski definition) is 2. The van der Waals surface area contributed by atoms with Crippen LogP contribution in [0.3, 0.4) is 0 Å². The number of aromatic carboxylic acids is 1. The van der Waals surface area contributed by atoms with Crippen molar-refractivity contribution in [2.45, 2.75) is 37.5 Å². The zero-order chi connectivity index (χ0) is 24.1. The number of hydrogen-bond acceptors (Lipinski definition) is 6. The number of sulfonamides is 1. The van der Waals surface area contributed by atoms with Gasteiger partial charge in [-0.25, -0.2) is 13.2 Å². The number of piperidine rings is 1. The van der Waals surface area contributed by atoms with Crippen molar-refractivity contribution in [3.8, 4) is 5.75 Å². The molecule has 0 unspecified atom stereocenters. The van der Waals surface area contributed by atoms with Crippen LogP contribution in [0.1, 0.15) is 43.0 Å². The molecule has 0 bridgehead atoms. The van der Waals surface area contributed by atoms with Crippen LogP contribution in [-0.2, 0) is 10.0 Å². The van der Waals surface area contributed by atoms with Crippen molar-refractivity contribution < 1.29 is 23.1 Å². The molecule has 0 aliphatic carbocycles. The molecular formula is C25H33N3O5S. The number of benzene rings is 2. The fourth-order valence-electron chi connectivity index (χ4n) is 4.91. The molecule has 1 atom stereocenters. The van der Waals surface area contributed by atoms with E-state index >= 15 is 0 Å². The zero-order valence-electron chi connectivity index (χ0n) is 19.6. The predicted molar refractivity (Wildman–Crippen MR) is 132 cm³/mol. The summed E-state index contributed by atoms with van der Waals surface area (Å²) in [7, 11) is -3.87. The molecule has 0 saturated carbocycles. The van der Waals surface area contributed by atoms with E-state index in [1.54, 1.807) is 24.3 Å². The van der Waals surface area contributed by atoms with Crippen molar-refractivity contribution >= 4 is 27.4 Å². The number of anilines is 2. The summed E-state index contributed by atoms with van der Waals surface area (Å²) in [6.07, 6.45) is 4.68. The summed E-state index contributed by atoms with van der Waals surface area (Å²) in [4.78, 5) is 16.8. The van der Waals surface area contributed by atoms with Crippen molar-refractivity contribution in [2.24, 2.45) is 5.92 Å². The molecule has 34 heavy (non-hydrogen) atoms. The van der Waals surface area contributed by atoms with Crippen LogP contribution in [0.4, 0.5) is 11.4 Å². The second-order valence-corrected chi connectivity index (χ2v) is 10.7. The van der Waals surface area contributed by atoms with Gasteiger partial charge in [-0.2, -0.15) is 0 Å². The Balaban J connectivity index is 1.50. The van der Waals surface area contributed by atoms with Gasteiger partial charge in [-0.15, -0.1) is 0 Å². The van der Waals surface area contributed by atoms with Crippen LogP contribution < -0.4 is 14.4 Å². The Hall–Kier alpha value is -2.78. The van der Waals surface area contributed by atoms with E-state index in [4.69, 9.17) is 4.74 Å². The van der Waals surface area contributed by atoms with Gasteiger partial charge in [-0.3, -0.25) is 4.72 Å². The van der Waals surface area contributed by atoms with E-state index in [1.165, 1.54) is 31.0 Å². The molecule has 0 radical (unpaired) electrons. The maximum absolute atomic E-state index is 12.8. The first-order chi connectivity index (χ1) is 16.4. The van der Waals surface area contributed by atoms with Crippen molar-refractivity contribution in [3.63, 3.8) is 0 Å². The predicted octanol–water partition coefficient (Wildman–Crippen LogP) is 3.90. The number of carbonyl (C=O) groups is 1. The minimum Gasteiger partial charge on any atom is -0.494 e. The van der Waals surface area contributed by atoms with Gasteiger partial charge in [-0.05, 0) is 94.1 Å². The maximum Gasteiger partial charge on any atom is 0.337 e. The molecule has 0 amide bonds. The van der Waals surface area contributed by atoms with E-state index < -0.39 is 16.0 Å². The lowest BCUT2D eigenvalue weighted by atomic mass is 9.96. The highest BCUT2D eigenvalue weighted by molar-refractivity contribution is 7.92. The molecule has 184 valence electrons. The van der Waals surface area contributed by atoms with Gasteiger partial charge >= 0.3 is 5.97 Å². The molecule has 9 heteroatoms. The lowest BCUT2D eigenvalue weighted by Crippen LogP contribution is -2.41. The molecule has 2 aromatic carbocycles. The van der Waals surface area contributed by atoms with E-state index in [0.29, 0.717) is 24.0 Å². The second-order valence-electron chi connectivity index (χ2n) is 9.01. The largest absolute Gasteiger partial charge is 0.494 e. The van der Waals surface area contributed by atoms with Crippen molar-refractivity contribution in [1.29, 1.82) is 0 Å². The van der Waals surface area contributed by atoms with Crippen molar-refractivity contribution in [2.75, 3.05) is 49.0 Å². The molecule has 2 aliphatic rings. The molecule has 8 nitrogen and oxygen atoms in total. The fourth-order valence-corrected chi connectivity index (χ4v) is 5.96. The quantitative estimate of drug-likeness (QED) is 0.553. The van der Waals surface area contributed by atoms with Crippen LogP contribution in [0.2, 0.25) is 0 Å². The van der Waals surface area contributed by atoms with Crippen LogP contribution in [0.15, 0.2) is 47.4 Å². The number of nitrogens with one attached hydrogen (secondary N) is 1. The molecule has 2 aromatic rings. The van der Waals surface area contributed by atoms with Gasteiger partial charge in [0, 0.05) is 25.3 Å². The average molecular weight is 488 g/mol. The third-order valence-electron chi connectivity index (χ3n) is 6.50. The lowest BCUT2D eigenvalue weighted by Gasteiger charge is -2.36. The van der Waals surface area contributed by atoms with Gasteiger partial charge in [0.05, 0.1) is 22.8 Å². The Morgan fingerprint density at radius 3 is 2.50 bits per heavy atom. The highest BCUT2D eigenvalue weighted by Gasteiger charge is 2.26. The van der Waals surface area contributed by atoms with Gasteiger partial charge in [0.25, 0.3) is 10.0 Å². The average Bonchev–Trinajstić information content (AvgIpc) is 3.32. The summed E-state index contributed by atoms with van der Waals surface area (Å²) in [6.45, 7) is 7.32. The Kier molecular flexibility index (Phi) is 7.63. The fraction of sp³-hybridized carbons (Fsp3) is 0.480. The highest BCUT2D eigenvalue weighted by atomic mass is 32.2. The second kappa shape index (κ2) is 10.7. The molecule has 0 spiro atoms. The van der Waals surface area contributed by atoms with Gasteiger partial charge in [0.1, 0.15) is 5.75 Å². The van der Waals surface area contributed by atoms with Crippen molar-refractivity contribution in [3.05, 3.63) is 48.0 Å². The highest BCUT2D eigenvalue weighted by Crippen LogP contribution is 2.30. The molecular weight excluding hydrogens is 454 g/mol. The number of nitrogens with zero attached hydrogens (tertiary/aromatic N) is 2. The van der Waals surface area contributed by atoms with Crippen LogP contribution >= 0.6 is 0 Å². The molecule has 2 aliphatic heterocycles. The molecule has 0 aromatic heterocycles.